The van der Waals surface area contributed by atoms with Crippen molar-refractivity contribution in [2.24, 2.45) is 0 Å². The monoisotopic (exact) mass is 283 g/mol. The number of benzene rings is 1. The van der Waals surface area contributed by atoms with Crippen molar-refractivity contribution in [2.75, 3.05) is 18.5 Å². The van der Waals surface area contributed by atoms with E-state index >= 15 is 0 Å². The summed E-state index contributed by atoms with van der Waals surface area (Å²) in [6, 6.07) is 1.12. The third kappa shape index (κ3) is 4.08. The number of rotatable bonds is 4. The Morgan fingerprint density at radius 1 is 1.26 bits per heavy atom. The van der Waals surface area contributed by atoms with Gasteiger partial charge in [-0.25, -0.2) is 13.6 Å². The first kappa shape index (κ1) is 15.2. The lowest BCUT2D eigenvalue weighted by molar-refractivity contribution is -0.132. The van der Waals surface area contributed by atoms with Crippen molar-refractivity contribution in [3.05, 3.63) is 29.3 Å². The summed E-state index contributed by atoms with van der Waals surface area (Å²) in [4.78, 5) is 11.3. The van der Waals surface area contributed by atoms with Crippen LogP contribution in [0.4, 0.5) is 27.6 Å². The number of halogens is 5. The molecule has 0 bridgehead atoms. The van der Waals surface area contributed by atoms with Crippen molar-refractivity contribution in [1.82, 2.24) is 0 Å². The molecule has 0 saturated heterocycles. The van der Waals surface area contributed by atoms with Crippen molar-refractivity contribution in [1.29, 1.82) is 0 Å². The lowest BCUT2D eigenvalue weighted by Crippen LogP contribution is -2.26. The number of carboxylic acids is 1. The van der Waals surface area contributed by atoms with Crippen molar-refractivity contribution >= 4 is 11.7 Å². The highest BCUT2D eigenvalue weighted by molar-refractivity contribution is 5.88. The molecule has 0 aliphatic rings. The van der Waals surface area contributed by atoms with Gasteiger partial charge in [-0.2, -0.15) is 13.2 Å². The molecule has 106 valence electrons. The van der Waals surface area contributed by atoms with Crippen LogP contribution in [-0.4, -0.2) is 30.8 Å². The van der Waals surface area contributed by atoms with Gasteiger partial charge in [-0.1, -0.05) is 0 Å². The van der Waals surface area contributed by atoms with E-state index in [1.807, 2.05) is 0 Å². The fourth-order valence-corrected chi connectivity index (χ4v) is 1.46. The van der Waals surface area contributed by atoms with E-state index in [9.17, 15) is 26.7 Å². The lowest BCUT2D eigenvalue weighted by Gasteiger charge is -2.21. The molecule has 1 aromatic rings. The Bertz CT molecular complexity index is 463. The summed E-state index contributed by atoms with van der Waals surface area (Å²) >= 11 is 0. The van der Waals surface area contributed by atoms with E-state index in [1.165, 1.54) is 0 Å². The van der Waals surface area contributed by atoms with Gasteiger partial charge < -0.3 is 10.0 Å². The minimum Gasteiger partial charge on any atom is -0.478 e. The molecule has 0 fully saturated rings. The predicted molar refractivity (Wildman–Crippen MR) is 57.3 cm³/mol. The SMILES string of the molecule is CN(CCC(F)(F)F)c1c(F)cc(C(=O)O)cc1F. The Hall–Kier alpha value is -1.86. The number of nitrogens with zero attached hydrogens (tertiary/aromatic N) is 1. The van der Waals surface area contributed by atoms with Crippen molar-refractivity contribution in [3.63, 3.8) is 0 Å². The summed E-state index contributed by atoms with van der Waals surface area (Å²) in [6.07, 6.45) is -5.68. The molecule has 0 aliphatic heterocycles. The topological polar surface area (TPSA) is 40.5 Å². The van der Waals surface area contributed by atoms with Crippen LogP contribution < -0.4 is 4.90 Å². The molecule has 8 heteroatoms. The minimum atomic E-state index is -4.44. The molecule has 0 aromatic heterocycles. The van der Waals surface area contributed by atoms with Crippen LogP contribution in [0, 0.1) is 11.6 Å². The van der Waals surface area contributed by atoms with Crippen LogP contribution >= 0.6 is 0 Å². The van der Waals surface area contributed by atoms with Crippen molar-refractivity contribution in [2.45, 2.75) is 12.6 Å². The van der Waals surface area contributed by atoms with Crippen LogP contribution in [0.15, 0.2) is 12.1 Å². The number of hydrogen-bond acceptors (Lipinski definition) is 2. The fraction of sp³-hybridized carbons (Fsp3) is 0.364. The van der Waals surface area contributed by atoms with Crippen LogP contribution in [0.2, 0.25) is 0 Å². The quantitative estimate of drug-likeness (QED) is 0.863. The third-order valence-electron chi connectivity index (χ3n) is 2.38. The Morgan fingerprint density at radius 3 is 2.11 bits per heavy atom. The van der Waals surface area contributed by atoms with Crippen molar-refractivity contribution < 1.29 is 31.9 Å². The smallest absolute Gasteiger partial charge is 0.390 e. The Morgan fingerprint density at radius 2 is 1.74 bits per heavy atom. The van der Waals surface area contributed by atoms with E-state index < -0.39 is 48.0 Å². The van der Waals surface area contributed by atoms with Crippen LogP contribution in [0.5, 0.6) is 0 Å². The number of carbonyl (C=O) groups is 1. The first-order chi connectivity index (χ1) is 8.61. The van der Waals surface area contributed by atoms with E-state index in [-0.39, 0.29) is 0 Å². The lowest BCUT2D eigenvalue weighted by atomic mass is 10.1. The molecule has 0 aliphatic carbocycles. The van der Waals surface area contributed by atoms with Crippen LogP contribution in [0.25, 0.3) is 0 Å². The zero-order valence-corrected chi connectivity index (χ0v) is 9.76. The van der Waals surface area contributed by atoms with Gasteiger partial charge in [-0.05, 0) is 12.1 Å². The largest absolute Gasteiger partial charge is 0.478 e. The first-order valence-electron chi connectivity index (χ1n) is 5.12. The number of anilines is 1. The maximum absolute atomic E-state index is 13.5. The van der Waals surface area contributed by atoms with Gasteiger partial charge in [0.25, 0.3) is 0 Å². The molecule has 0 saturated carbocycles. The zero-order chi connectivity index (χ0) is 14.8. The second-order valence-electron chi connectivity index (χ2n) is 3.88. The number of aromatic carboxylic acids is 1. The van der Waals surface area contributed by atoms with E-state index in [0.717, 1.165) is 11.9 Å². The second kappa shape index (κ2) is 5.41. The van der Waals surface area contributed by atoms with Gasteiger partial charge in [0.1, 0.15) is 17.3 Å². The zero-order valence-electron chi connectivity index (χ0n) is 9.76. The molecule has 0 unspecified atom stereocenters. The Labute approximate surface area is 105 Å². The van der Waals surface area contributed by atoms with Gasteiger partial charge in [-0.3, -0.25) is 0 Å². The standard InChI is InChI=1S/C11H10F5NO2/c1-17(3-2-11(14,15)16)9-7(12)4-6(10(18)19)5-8(9)13/h4-5H,2-3H2,1H3,(H,18,19). The summed E-state index contributed by atoms with van der Waals surface area (Å²) in [6.45, 7) is -0.635. The minimum absolute atomic E-state index is 0.560. The summed E-state index contributed by atoms with van der Waals surface area (Å²) < 4.78 is 63.1. The van der Waals surface area contributed by atoms with Gasteiger partial charge in [0.05, 0.1) is 12.0 Å². The molecule has 1 rings (SSSR count). The Kier molecular flexibility index (Phi) is 4.33. The first-order valence-corrected chi connectivity index (χ1v) is 5.12. The Balaban J connectivity index is 2.98. The molecule has 1 N–H and O–H groups in total. The predicted octanol–water partition coefficient (Wildman–Crippen LogP) is 3.05. The molecule has 0 heterocycles. The molecule has 0 radical (unpaired) electrons. The highest BCUT2D eigenvalue weighted by atomic mass is 19.4. The highest BCUT2D eigenvalue weighted by Gasteiger charge is 2.28. The molecule has 3 nitrogen and oxygen atoms in total. The number of alkyl halides is 3. The van der Waals surface area contributed by atoms with Crippen LogP contribution in [0.3, 0.4) is 0 Å². The van der Waals surface area contributed by atoms with E-state index in [4.69, 9.17) is 5.11 Å². The summed E-state index contributed by atoms with van der Waals surface area (Å²) in [5, 5.41) is 8.58. The van der Waals surface area contributed by atoms with Gasteiger partial charge in [0.2, 0.25) is 0 Å². The van der Waals surface area contributed by atoms with Gasteiger partial charge in [0.15, 0.2) is 0 Å². The average molecular weight is 283 g/mol. The summed E-state index contributed by atoms with van der Waals surface area (Å²) in [5.41, 5.74) is -1.29. The van der Waals surface area contributed by atoms with Gasteiger partial charge in [-0.15, -0.1) is 0 Å². The third-order valence-corrected chi connectivity index (χ3v) is 2.38. The molecule has 19 heavy (non-hydrogen) atoms. The second-order valence-corrected chi connectivity index (χ2v) is 3.88. The summed E-state index contributed by atoms with van der Waals surface area (Å²) in [5.74, 6) is -3.97. The normalized spacial score (nSPS) is 11.5. The highest BCUT2D eigenvalue weighted by Crippen LogP contribution is 2.26. The van der Waals surface area contributed by atoms with Crippen LogP contribution in [0.1, 0.15) is 16.8 Å². The van der Waals surface area contributed by atoms with Gasteiger partial charge >= 0.3 is 12.1 Å². The van der Waals surface area contributed by atoms with Crippen LogP contribution in [-0.2, 0) is 0 Å². The van der Waals surface area contributed by atoms with Crippen molar-refractivity contribution in [3.8, 4) is 0 Å². The average Bonchev–Trinajstić information content (AvgIpc) is 2.24. The molecule has 1 aromatic carbocycles. The molecular formula is C11H10F5NO2. The molecule has 0 amide bonds. The molecule has 0 spiro atoms. The number of hydrogen-bond donors (Lipinski definition) is 1. The van der Waals surface area contributed by atoms with E-state index in [2.05, 4.69) is 0 Å². The number of carboxylic acid groups (broad SMARTS) is 1. The van der Waals surface area contributed by atoms with E-state index in [1.54, 1.807) is 0 Å². The molecular weight excluding hydrogens is 273 g/mol. The summed E-state index contributed by atoms with van der Waals surface area (Å²) in [7, 11) is 1.09. The molecule has 0 atom stereocenters. The van der Waals surface area contributed by atoms with E-state index in [0.29, 0.717) is 12.1 Å². The fourth-order valence-electron chi connectivity index (χ4n) is 1.46. The van der Waals surface area contributed by atoms with Gasteiger partial charge in [0, 0.05) is 13.6 Å². The maximum atomic E-state index is 13.5. The maximum Gasteiger partial charge on any atom is 0.390 e.